The van der Waals surface area contributed by atoms with E-state index >= 15 is 0 Å². The Hall–Kier alpha value is -1.77. The normalized spacial score (nSPS) is 11.1. The summed E-state index contributed by atoms with van der Waals surface area (Å²) in [6.07, 6.45) is 20.7. The summed E-state index contributed by atoms with van der Waals surface area (Å²) >= 11 is 2.08. The van der Waals surface area contributed by atoms with Crippen molar-refractivity contribution in [3.63, 3.8) is 0 Å². The van der Waals surface area contributed by atoms with Crippen LogP contribution >= 0.6 is 22.6 Å². The predicted octanol–water partition coefficient (Wildman–Crippen LogP) is 7.20. The maximum absolute atomic E-state index is 12.0. The molecule has 0 aliphatic rings. The van der Waals surface area contributed by atoms with Crippen LogP contribution in [0.3, 0.4) is 0 Å². The number of carbonyl (C=O) groups excluding carboxylic acids is 2. The van der Waals surface area contributed by atoms with Crippen LogP contribution in [0.1, 0.15) is 102 Å². The van der Waals surface area contributed by atoms with Gasteiger partial charge in [-0.3, -0.25) is 9.59 Å². The number of aromatic hydroxyl groups is 1. The zero-order valence-corrected chi connectivity index (χ0v) is 23.7. The quantitative estimate of drug-likeness (QED) is 0.0715. The number of unbranched alkanes of at least 4 members (excludes halogenated alkanes) is 11. The molecule has 35 heavy (non-hydrogen) atoms. The highest BCUT2D eigenvalue weighted by Crippen LogP contribution is 2.30. The lowest BCUT2D eigenvalue weighted by Crippen LogP contribution is -2.28. The number of amides is 1. The van der Waals surface area contributed by atoms with Gasteiger partial charge in [-0.1, -0.05) is 70.4 Å². The summed E-state index contributed by atoms with van der Waals surface area (Å²) < 4.78 is 11.0. The summed E-state index contributed by atoms with van der Waals surface area (Å²) in [7, 11) is 1.47. The number of hydrogen-bond acceptors (Lipinski definition) is 5. The number of allylic oxidation sites excluding steroid dienone is 2. The van der Waals surface area contributed by atoms with E-state index in [0.717, 1.165) is 34.8 Å². The van der Waals surface area contributed by atoms with E-state index in [-0.39, 0.29) is 30.8 Å². The average Bonchev–Trinajstić information content (AvgIpc) is 2.84. The van der Waals surface area contributed by atoms with Crippen LogP contribution in [0.4, 0.5) is 0 Å². The number of carbonyl (C=O) groups is 2. The predicted molar refractivity (Wildman–Crippen MR) is 150 cm³/mol. The fourth-order valence-corrected chi connectivity index (χ4v) is 4.33. The Kier molecular flexibility index (Phi) is 18.2. The van der Waals surface area contributed by atoms with Crippen LogP contribution in [0.15, 0.2) is 24.3 Å². The highest BCUT2D eigenvalue weighted by molar-refractivity contribution is 14.1. The van der Waals surface area contributed by atoms with Crippen molar-refractivity contribution in [3.8, 4) is 11.5 Å². The van der Waals surface area contributed by atoms with Crippen molar-refractivity contribution in [1.82, 2.24) is 5.32 Å². The van der Waals surface area contributed by atoms with E-state index in [1.54, 1.807) is 12.1 Å². The minimum Gasteiger partial charge on any atom is -0.504 e. The zero-order chi connectivity index (χ0) is 25.7. The minimum absolute atomic E-state index is 0.0524. The van der Waals surface area contributed by atoms with E-state index in [1.165, 1.54) is 64.9 Å². The Bertz CT molecular complexity index is 766. The number of ether oxygens (including phenoxy) is 2. The van der Waals surface area contributed by atoms with Crippen molar-refractivity contribution in [2.75, 3.05) is 13.7 Å². The minimum atomic E-state index is -0.356. The third-order valence-electron chi connectivity index (χ3n) is 5.83. The fourth-order valence-electron chi connectivity index (χ4n) is 3.69. The molecule has 6 nitrogen and oxygen atoms in total. The third kappa shape index (κ3) is 15.8. The van der Waals surface area contributed by atoms with Gasteiger partial charge in [-0.15, -0.1) is 0 Å². The molecule has 0 aliphatic carbocycles. The maximum atomic E-state index is 12.0. The largest absolute Gasteiger partial charge is 0.504 e. The molecule has 1 amide bonds. The first kappa shape index (κ1) is 31.3. The smallest absolute Gasteiger partial charge is 0.306 e. The number of benzene rings is 1. The van der Waals surface area contributed by atoms with E-state index in [0.29, 0.717) is 12.2 Å². The van der Waals surface area contributed by atoms with Gasteiger partial charge < -0.3 is 19.9 Å². The number of phenols is 1. The monoisotopic (exact) mass is 601 g/mol. The summed E-state index contributed by atoms with van der Waals surface area (Å²) in [5.74, 6) is -0.290. The molecule has 0 heterocycles. The van der Waals surface area contributed by atoms with E-state index in [1.807, 2.05) is 0 Å². The van der Waals surface area contributed by atoms with Gasteiger partial charge in [0.05, 0.1) is 7.11 Å². The van der Waals surface area contributed by atoms with Crippen molar-refractivity contribution in [2.24, 2.45) is 0 Å². The summed E-state index contributed by atoms with van der Waals surface area (Å²) in [6, 6.07) is 3.26. The number of rotatable bonds is 20. The molecular weight excluding hydrogens is 557 g/mol. The lowest BCUT2D eigenvalue weighted by atomic mass is 10.1. The van der Waals surface area contributed by atoms with Gasteiger partial charge in [-0.05, 0) is 72.4 Å². The molecule has 0 saturated carbocycles. The van der Waals surface area contributed by atoms with Gasteiger partial charge in [-0.2, -0.15) is 0 Å². The number of hydrogen-bond donors (Lipinski definition) is 2. The van der Waals surface area contributed by atoms with Crippen molar-refractivity contribution in [3.05, 3.63) is 33.4 Å². The number of halogens is 1. The molecule has 2 N–H and O–H groups in total. The Morgan fingerprint density at radius 3 is 2.17 bits per heavy atom. The average molecular weight is 602 g/mol. The molecule has 0 saturated heterocycles. The first-order valence-corrected chi connectivity index (χ1v) is 14.2. The van der Waals surface area contributed by atoms with Gasteiger partial charge in [-0.25, -0.2) is 0 Å². The first-order chi connectivity index (χ1) is 17.0. The van der Waals surface area contributed by atoms with Gasteiger partial charge in [0.15, 0.2) is 18.1 Å². The number of phenolic OH excluding ortho intramolecular Hbond substituents is 1. The molecule has 198 valence electrons. The molecule has 0 radical (unpaired) electrons. The summed E-state index contributed by atoms with van der Waals surface area (Å²) in [5.41, 5.74) is 0.813. The highest BCUT2D eigenvalue weighted by Gasteiger charge is 2.11. The number of esters is 1. The lowest BCUT2D eigenvalue weighted by molar-refractivity contribution is -0.148. The number of nitrogens with one attached hydrogen (secondary N) is 1. The second-order valence-corrected chi connectivity index (χ2v) is 10.0. The van der Waals surface area contributed by atoms with Gasteiger partial charge in [0.2, 0.25) is 0 Å². The fraction of sp³-hybridized carbons (Fsp3) is 0.643. The van der Waals surface area contributed by atoms with Crippen LogP contribution in [-0.4, -0.2) is 30.7 Å². The van der Waals surface area contributed by atoms with E-state index in [2.05, 4.69) is 47.0 Å². The zero-order valence-electron chi connectivity index (χ0n) is 21.6. The topological polar surface area (TPSA) is 84.9 Å². The second-order valence-electron chi connectivity index (χ2n) is 8.89. The van der Waals surface area contributed by atoms with Gasteiger partial charge in [0.1, 0.15) is 0 Å². The maximum Gasteiger partial charge on any atom is 0.306 e. The Morgan fingerprint density at radius 2 is 1.54 bits per heavy atom. The van der Waals surface area contributed by atoms with Crippen molar-refractivity contribution < 1.29 is 24.2 Å². The Labute approximate surface area is 225 Å². The highest BCUT2D eigenvalue weighted by atomic mass is 127. The van der Waals surface area contributed by atoms with Crippen molar-refractivity contribution in [1.29, 1.82) is 0 Å². The van der Waals surface area contributed by atoms with Crippen LogP contribution in [0.2, 0.25) is 0 Å². The molecular formula is C28H44INO5. The van der Waals surface area contributed by atoms with Crippen LogP contribution in [0, 0.1) is 3.57 Å². The molecule has 1 aromatic rings. The first-order valence-electron chi connectivity index (χ1n) is 13.1. The second kappa shape index (κ2) is 20.4. The molecule has 0 aromatic heterocycles. The molecule has 0 unspecified atom stereocenters. The lowest BCUT2D eigenvalue weighted by Gasteiger charge is -2.11. The van der Waals surface area contributed by atoms with Gasteiger partial charge in [0.25, 0.3) is 5.91 Å². The van der Waals surface area contributed by atoms with Crippen molar-refractivity contribution in [2.45, 2.75) is 103 Å². The van der Waals surface area contributed by atoms with E-state index in [4.69, 9.17) is 9.47 Å². The molecule has 0 fully saturated rings. The summed E-state index contributed by atoms with van der Waals surface area (Å²) in [5, 5.41) is 12.5. The molecule has 0 bridgehead atoms. The number of methoxy groups -OCH3 is 1. The Balaban J connectivity index is 2.00. The van der Waals surface area contributed by atoms with Crippen LogP contribution in [0.5, 0.6) is 11.5 Å². The molecule has 0 aliphatic heterocycles. The molecule has 1 rings (SSSR count). The molecule has 0 spiro atoms. The molecule has 1 aromatic carbocycles. The van der Waals surface area contributed by atoms with E-state index < -0.39 is 0 Å². The summed E-state index contributed by atoms with van der Waals surface area (Å²) in [4.78, 5) is 23.9. The Morgan fingerprint density at radius 1 is 0.943 bits per heavy atom. The van der Waals surface area contributed by atoms with Gasteiger partial charge >= 0.3 is 5.97 Å². The standard InChI is InChI=1S/C28H44INO5/c1-3-4-5-6-7-8-9-10-11-12-13-14-15-16-17-18-28(33)35-22-27(32)30-21-23-19-26(34-2)25(31)20-24(23)29/h10-11,19-20,31H,3-9,12-18,21-22H2,1-2H3,(H,30,32)/b11-10-. The van der Waals surface area contributed by atoms with Crippen LogP contribution < -0.4 is 10.1 Å². The molecule has 7 heteroatoms. The van der Waals surface area contributed by atoms with E-state index in [9.17, 15) is 14.7 Å². The SMILES string of the molecule is CCCCCCCC/C=C\CCCCCCCC(=O)OCC(=O)NCc1cc(OC)c(O)cc1I. The summed E-state index contributed by atoms with van der Waals surface area (Å²) in [6.45, 7) is 2.23. The van der Waals surface area contributed by atoms with Gasteiger partial charge in [0, 0.05) is 16.5 Å². The van der Waals surface area contributed by atoms with Crippen LogP contribution in [-0.2, 0) is 20.9 Å². The van der Waals surface area contributed by atoms with Crippen molar-refractivity contribution >= 4 is 34.5 Å². The third-order valence-corrected chi connectivity index (χ3v) is 6.84. The van der Waals surface area contributed by atoms with Crippen LogP contribution in [0.25, 0.3) is 0 Å². The molecule has 0 atom stereocenters.